The van der Waals surface area contributed by atoms with Crippen LogP contribution in [0, 0.1) is 0 Å². The van der Waals surface area contributed by atoms with Crippen LogP contribution in [0.3, 0.4) is 0 Å². The van der Waals surface area contributed by atoms with Crippen molar-refractivity contribution in [2.45, 2.75) is 31.6 Å². The second kappa shape index (κ2) is 10.8. The van der Waals surface area contributed by atoms with Crippen molar-refractivity contribution in [3.8, 4) is 0 Å². The highest BCUT2D eigenvalue weighted by atomic mass is 16.4. The van der Waals surface area contributed by atoms with Gasteiger partial charge in [-0.25, -0.2) is 9.59 Å². The molecule has 1 unspecified atom stereocenters. The number of imidazole rings is 1. The molecule has 1 atom stereocenters. The average molecular weight is 558 g/mol. The van der Waals surface area contributed by atoms with Crippen LogP contribution in [0.5, 0.6) is 0 Å². The molecule has 1 fully saturated rings. The number of hydrogen-bond donors (Lipinski definition) is 2. The third-order valence-electron chi connectivity index (χ3n) is 8.36. The molecule has 0 bridgehead atoms. The van der Waals surface area contributed by atoms with Gasteiger partial charge in [0.2, 0.25) is 0 Å². The molecule has 7 rings (SSSR count). The molecule has 3 heterocycles. The first-order valence-electron chi connectivity index (χ1n) is 14.3. The summed E-state index contributed by atoms with van der Waals surface area (Å²) < 4.78 is 1.94. The fraction of sp³-hybridized carbons (Fsp3) is 0.206. The number of rotatable bonds is 6. The third-order valence-corrected chi connectivity index (χ3v) is 8.36. The maximum Gasteiger partial charge on any atom is 0.335 e. The molecule has 2 aliphatic rings. The summed E-state index contributed by atoms with van der Waals surface area (Å²) >= 11 is 0. The Kier molecular flexibility index (Phi) is 6.68. The predicted molar refractivity (Wildman–Crippen MR) is 163 cm³/mol. The monoisotopic (exact) mass is 557 g/mol. The van der Waals surface area contributed by atoms with Gasteiger partial charge in [0, 0.05) is 42.8 Å². The molecule has 5 aromatic rings. The number of aromatic nitrogens is 2. The van der Waals surface area contributed by atoms with Gasteiger partial charge in [-0.05, 0) is 66.4 Å². The minimum absolute atomic E-state index is 0.0230. The van der Waals surface area contributed by atoms with E-state index in [9.17, 15) is 14.7 Å². The maximum absolute atomic E-state index is 12.7. The fourth-order valence-corrected chi connectivity index (χ4v) is 6.20. The van der Waals surface area contributed by atoms with Crippen molar-refractivity contribution < 1.29 is 9.90 Å². The van der Waals surface area contributed by atoms with Crippen LogP contribution < -0.4 is 21.2 Å². The Morgan fingerprint density at radius 1 is 0.905 bits per heavy atom. The lowest BCUT2D eigenvalue weighted by Crippen LogP contribution is -2.38. The van der Waals surface area contributed by atoms with Crippen LogP contribution in [0.2, 0.25) is 0 Å². The van der Waals surface area contributed by atoms with Gasteiger partial charge >= 0.3 is 11.7 Å². The highest BCUT2D eigenvalue weighted by Gasteiger charge is 2.25. The first-order chi connectivity index (χ1) is 20.5. The molecule has 2 N–H and O–H groups in total. The second-order valence-corrected chi connectivity index (χ2v) is 11.0. The standard InChI is InChI=1S/C34H31N5O3/c40-33(41)25-14-15-29-26(20-25)22-38(27-6-2-1-3-7-27)32(35-29)24-12-10-23(11-13-24)21-37-18-16-28(17-19-37)39-31-9-5-4-8-30(31)36-34(39)42/h1-15,20,22,28,32H,16-19,21H2,(H,36,42)(H,40,41). The number of carboxylic acids is 1. The lowest BCUT2D eigenvalue weighted by molar-refractivity contribution is 0.0696. The summed E-state index contributed by atoms with van der Waals surface area (Å²) in [7, 11) is 0. The Hall–Kier alpha value is -4.95. The van der Waals surface area contributed by atoms with Crippen molar-refractivity contribution in [1.82, 2.24) is 14.5 Å². The molecular formula is C34H31N5O3. The summed E-state index contributed by atoms with van der Waals surface area (Å²) in [6.07, 6.45) is 3.60. The largest absolute Gasteiger partial charge is 0.478 e. The Morgan fingerprint density at radius 3 is 2.40 bits per heavy atom. The Morgan fingerprint density at radius 2 is 1.64 bits per heavy atom. The van der Waals surface area contributed by atoms with Gasteiger partial charge in [-0.2, -0.15) is 0 Å². The molecule has 8 nitrogen and oxygen atoms in total. The third kappa shape index (κ3) is 4.90. The first-order valence-corrected chi connectivity index (χ1v) is 14.3. The van der Waals surface area contributed by atoms with Crippen LogP contribution in [0.1, 0.15) is 46.5 Å². The highest BCUT2D eigenvalue weighted by Crippen LogP contribution is 2.30. The smallest absolute Gasteiger partial charge is 0.335 e. The molecule has 210 valence electrons. The van der Waals surface area contributed by atoms with Gasteiger partial charge < -0.3 is 15.0 Å². The number of nitrogens with one attached hydrogen (secondary N) is 1. The van der Waals surface area contributed by atoms with Gasteiger partial charge in [0.15, 0.2) is 6.17 Å². The Bertz CT molecular complexity index is 1940. The van der Waals surface area contributed by atoms with Gasteiger partial charge in [-0.1, -0.05) is 54.6 Å². The summed E-state index contributed by atoms with van der Waals surface area (Å²) in [6.45, 7) is 2.72. The second-order valence-electron chi connectivity index (χ2n) is 11.0. The zero-order chi connectivity index (χ0) is 28.6. The Labute approximate surface area is 242 Å². The molecule has 0 saturated carbocycles. The molecule has 1 saturated heterocycles. The van der Waals surface area contributed by atoms with E-state index in [0.717, 1.165) is 65.3 Å². The number of aromatic carboxylic acids is 1. The number of carbonyl (C=O) groups is 1. The van der Waals surface area contributed by atoms with Crippen molar-refractivity contribution in [2.75, 3.05) is 18.0 Å². The molecular weight excluding hydrogens is 526 g/mol. The summed E-state index contributed by atoms with van der Waals surface area (Å²) in [4.78, 5) is 36.8. The van der Waals surface area contributed by atoms with E-state index < -0.39 is 5.97 Å². The van der Waals surface area contributed by atoms with Crippen molar-refractivity contribution in [1.29, 1.82) is 0 Å². The summed E-state index contributed by atoms with van der Waals surface area (Å²) in [5.74, 6) is -0.953. The van der Waals surface area contributed by atoms with Crippen molar-refractivity contribution in [3.63, 3.8) is 0 Å². The van der Waals surface area contributed by atoms with E-state index in [4.69, 9.17) is 4.99 Å². The molecule has 0 amide bonds. The van der Waals surface area contributed by atoms with Crippen LogP contribution in [-0.2, 0) is 6.54 Å². The topological polar surface area (TPSA) is 93.9 Å². The van der Waals surface area contributed by atoms with E-state index in [0.29, 0.717) is 0 Å². The quantitative estimate of drug-likeness (QED) is 0.322. The summed E-state index contributed by atoms with van der Waals surface area (Å²) in [5, 5.41) is 11.0. The van der Waals surface area contributed by atoms with Crippen LogP contribution in [0.15, 0.2) is 107 Å². The van der Waals surface area contributed by atoms with Gasteiger partial charge in [0.05, 0.1) is 22.0 Å². The number of hydrogen-bond acceptors (Lipinski definition) is 5. The van der Waals surface area contributed by atoms with Crippen molar-refractivity contribution >= 4 is 28.9 Å². The first kappa shape index (κ1) is 26.0. The molecule has 0 spiro atoms. The SMILES string of the molecule is O=C(O)c1ccc2c(c1)=CN(c1ccccc1)C(c1ccc(CN3CCC(n4c(=O)[nH]c5ccccc54)CC3)cc1)N=2. The van der Waals surface area contributed by atoms with E-state index >= 15 is 0 Å². The van der Waals surface area contributed by atoms with E-state index in [1.165, 1.54) is 5.56 Å². The fourth-order valence-electron chi connectivity index (χ4n) is 6.20. The predicted octanol–water partition coefficient (Wildman–Crippen LogP) is 4.44. The molecule has 4 aromatic carbocycles. The minimum Gasteiger partial charge on any atom is -0.478 e. The zero-order valence-electron chi connectivity index (χ0n) is 23.1. The zero-order valence-corrected chi connectivity index (χ0v) is 23.1. The number of para-hydroxylation sites is 3. The number of anilines is 1. The van der Waals surface area contributed by atoms with Gasteiger partial charge in [-0.15, -0.1) is 0 Å². The van der Waals surface area contributed by atoms with E-state index in [1.807, 2.05) is 65.4 Å². The number of H-pyrrole nitrogens is 1. The van der Waals surface area contributed by atoms with E-state index in [-0.39, 0.29) is 23.5 Å². The molecule has 0 radical (unpaired) electrons. The lowest BCUT2D eigenvalue weighted by Gasteiger charge is -2.33. The van der Waals surface area contributed by atoms with Gasteiger partial charge in [0.1, 0.15) is 0 Å². The average Bonchev–Trinajstić information content (AvgIpc) is 3.37. The van der Waals surface area contributed by atoms with Gasteiger partial charge in [-0.3, -0.25) is 14.5 Å². The van der Waals surface area contributed by atoms with Crippen molar-refractivity contribution in [3.05, 3.63) is 135 Å². The van der Waals surface area contributed by atoms with E-state index in [1.54, 1.807) is 18.2 Å². The Balaban J connectivity index is 1.09. The molecule has 42 heavy (non-hydrogen) atoms. The number of carboxylic acid groups (broad SMARTS) is 1. The van der Waals surface area contributed by atoms with Crippen LogP contribution >= 0.6 is 0 Å². The number of benzene rings is 4. The lowest BCUT2D eigenvalue weighted by atomic mass is 10.0. The van der Waals surface area contributed by atoms with Crippen LogP contribution in [-0.4, -0.2) is 38.6 Å². The van der Waals surface area contributed by atoms with Crippen LogP contribution in [0.4, 0.5) is 5.69 Å². The maximum atomic E-state index is 12.7. The summed E-state index contributed by atoms with van der Waals surface area (Å²) in [5.41, 5.74) is 5.38. The van der Waals surface area contributed by atoms with Crippen LogP contribution in [0.25, 0.3) is 17.2 Å². The minimum atomic E-state index is -0.953. The summed E-state index contributed by atoms with van der Waals surface area (Å²) in [6, 6.07) is 31.8. The van der Waals surface area contributed by atoms with Gasteiger partial charge in [0.25, 0.3) is 0 Å². The molecule has 0 aliphatic carbocycles. The molecule has 8 heteroatoms. The van der Waals surface area contributed by atoms with E-state index in [2.05, 4.69) is 39.0 Å². The number of fused-ring (bicyclic) bond motifs is 2. The molecule has 2 aliphatic heterocycles. The number of likely N-dealkylation sites (tertiary alicyclic amines) is 1. The molecule has 1 aromatic heterocycles. The number of nitrogens with zero attached hydrogens (tertiary/aromatic N) is 4. The highest BCUT2D eigenvalue weighted by molar-refractivity contribution is 5.87. The van der Waals surface area contributed by atoms with Crippen molar-refractivity contribution in [2.24, 2.45) is 4.99 Å². The number of aromatic amines is 1. The number of piperidine rings is 1. The normalized spacial score (nSPS) is 17.4.